The Labute approximate surface area is 155 Å². The van der Waals surface area contributed by atoms with Crippen LogP contribution in [0.1, 0.15) is 62.4 Å². The summed E-state index contributed by atoms with van der Waals surface area (Å²) in [5, 5.41) is 7.06. The second-order valence-corrected chi connectivity index (χ2v) is 7.01. The highest BCUT2D eigenvalue weighted by molar-refractivity contribution is 7.18. The molecular weight excluding hydrogens is 356 g/mol. The highest BCUT2D eigenvalue weighted by atomic mass is 32.1. The van der Waals surface area contributed by atoms with Gasteiger partial charge in [0.15, 0.2) is 0 Å². The van der Waals surface area contributed by atoms with E-state index in [9.17, 15) is 14.4 Å². The van der Waals surface area contributed by atoms with E-state index in [-0.39, 0.29) is 21.5 Å². The van der Waals surface area contributed by atoms with Crippen molar-refractivity contribution < 1.29 is 19.1 Å². The molecule has 0 aromatic carbocycles. The van der Waals surface area contributed by atoms with Crippen LogP contribution >= 0.6 is 11.3 Å². The van der Waals surface area contributed by atoms with Crippen LogP contribution in [0.25, 0.3) is 0 Å². The molecular formula is C17H22N4O4S. The zero-order valence-corrected chi connectivity index (χ0v) is 16.2. The number of nitrogens with one attached hydrogen (secondary N) is 1. The van der Waals surface area contributed by atoms with E-state index < -0.39 is 17.8 Å². The average Bonchev–Trinajstić information content (AvgIpc) is 3.06. The van der Waals surface area contributed by atoms with Crippen molar-refractivity contribution >= 4 is 34.1 Å². The normalized spacial score (nSPS) is 10.8. The molecule has 0 aliphatic rings. The molecule has 140 valence electrons. The van der Waals surface area contributed by atoms with Crippen LogP contribution in [0.5, 0.6) is 0 Å². The van der Waals surface area contributed by atoms with Gasteiger partial charge in [0.05, 0.1) is 28.3 Å². The number of thiophene rings is 1. The number of primary amides is 1. The monoisotopic (exact) mass is 378 g/mol. The third-order valence-electron chi connectivity index (χ3n) is 3.79. The first kappa shape index (κ1) is 19.6. The maximum Gasteiger partial charge on any atom is 0.341 e. The molecule has 0 bridgehead atoms. The molecule has 0 saturated carbocycles. The van der Waals surface area contributed by atoms with Gasteiger partial charge in [0.1, 0.15) is 5.00 Å². The number of esters is 1. The van der Waals surface area contributed by atoms with Gasteiger partial charge in [-0.3, -0.25) is 14.3 Å². The SMILES string of the molecule is CCn1ncc(C(=O)Nc2sc(C(N)=O)c(C)c2C(=O)OC(C)C)c1C. The number of anilines is 1. The molecule has 0 unspecified atom stereocenters. The maximum absolute atomic E-state index is 12.6. The Bertz CT molecular complexity index is 866. The smallest absolute Gasteiger partial charge is 0.341 e. The molecule has 2 rings (SSSR count). The summed E-state index contributed by atoms with van der Waals surface area (Å²) >= 11 is 0.957. The van der Waals surface area contributed by atoms with Crippen LogP contribution in [0.15, 0.2) is 6.20 Å². The van der Waals surface area contributed by atoms with Crippen LogP contribution in [0.2, 0.25) is 0 Å². The van der Waals surface area contributed by atoms with E-state index in [0.29, 0.717) is 23.4 Å². The summed E-state index contributed by atoms with van der Waals surface area (Å²) in [4.78, 5) is 36.9. The van der Waals surface area contributed by atoms with Crippen molar-refractivity contribution in [2.24, 2.45) is 5.73 Å². The van der Waals surface area contributed by atoms with E-state index >= 15 is 0 Å². The fourth-order valence-corrected chi connectivity index (χ4v) is 3.56. The second kappa shape index (κ2) is 7.69. The van der Waals surface area contributed by atoms with E-state index in [1.165, 1.54) is 6.20 Å². The Balaban J connectivity index is 2.42. The van der Waals surface area contributed by atoms with Gasteiger partial charge in [-0.2, -0.15) is 5.10 Å². The molecule has 0 aliphatic heterocycles. The standard InChI is InChI=1S/C17H22N4O4S/c1-6-21-10(5)11(7-19-21)15(23)20-16-12(17(24)25-8(2)3)9(4)13(26-16)14(18)22/h7-8H,6H2,1-5H3,(H2,18,22)(H,20,23). The first-order chi connectivity index (χ1) is 12.2. The van der Waals surface area contributed by atoms with E-state index in [1.54, 1.807) is 32.4 Å². The summed E-state index contributed by atoms with van der Waals surface area (Å²) in [5.41, 5.74) is 7.02. The molecule has 2 aromatic rings. The van der Waals surface area contributed by atoms with Crippen molar-refractivity contribution in [2.75, 3.05) is 5.32 Å². The number of carbonyl (C=O) groups excluding carboxylic acids is 3. The Morgan fingerprint density at radius 3 is 2.50 bits per heavy atom. The molecule has 0 saturated heterocycles. The summed E-state index contributed by atoms with van der Waals surface area (Å²) in [6, 6.07) is 0. The third kappa shape index (κ3) is 3.77. The zero-order chi connectivity index (χ0) is 19.6. The van der Waals surface area contributed by atoms with Crippen molar-refractivity contribution in [3.8, 4) is 0 Å². The number of rotatable bonds is 6. The van der Waals surface area contributed by atoms with Crippen LogP contribution in [-0.4, -0.2) is 33.7 Å². The van der Waals surface area contributed by atoms with Crippen molar-refractivity contribution in [1.82, 2.24) is 9.78 Å². The molecule has 8 nitrogen and oxygen atoms in total. The Hall–Kier alpha value is -2.68. The van der Waals surface area contributed by atoms with Gasteiger partial charge in [-0.05, 0) is 40.2 Å². The summed E-state index contributed by atoms with van der Waals surface area (Å²) in [5.74, 6) is -1.70. The number of aryl methyl sites for hydroxylation is 1. The van der Waals surface area contributed by atoms with Gasteiger partial charge >= 0.3 is 5.97 Å². The van der Waals surface area contributed by atoms with Crippen molar-refractivity contribution in [1.29, 1.82) is 0 Å². The number of aromatic nitrogens is 2. The van der Waals surface area contributed by atoms with Gasteiger partial charge in [0.25, 0.3) is 11.8 Å². The van der Waals surface area contributed by atoms with Gasteiger partial charge in [0.2, 0.25) is 0 Å². The minimum Gasteiger partial charge on any atom is -0.459 e. The van der Waals surface area contributed by atoms with Crippen molar-refractivity contribution in [2.45, 2.75) is 47.3 Å². The molecule has 9 heteroatoms. The van der Waals surface area contributed by atoms with Crippen LogP contribution in [-0.2, 0) is 11.3 Å². The molecule has 3 N–H and O–H groups in total. The largest absolute Gasteiger partial charge is 0.459 e. The lowest BCUT2D eigenvalue weighted by molar-refractivity contribution is 0.0379. The second-order valence-electron chi connectivity index (χ2n) is 5.99. The van der Waals surface area contributed by atoms with E-state index in [1.807, 2.05) is 6.92 Å². The predicted octanol–water partition coefficient (Wildman–Crippen LogP) is 2.50. The first-order valence-corrected chi connectivity index (χ1v) is 8.96. The molecule has 0 spiro atoms. The molecule has 2 amide bonds. The van der Waals surface area contributed by atoms with E-state index in [4.69, 9.17) is 10.5 Å². The highest BCUT2D eigenvalue weighted by Crippen LogP contribution is 2.34. The van der Waals surface area contributed by atoms with Gasteiger partial charge in [-0.25, -0.2) is 4.79 Å². The number of amides is 2. The number of hydrogen-bond acceptors (Lipinski definition) is 6. The van der Waals surface area contributed by atoms with Gasteiger partial charge < -0.3 is 15.8 Å². The van der Waals surface area contributed by atoms with E-state index in [2.05, 4.69) is 10.4 Å². The lowest BCUT2D eigenvalue weighted by Gasteiger charge is -2.10. The lowest BCUT2D eigenvalue weighted by Crippen LogP contribution is -2.17. The Kier molecular flexibility index (Phi) is 5.81. The number of nitrogens with zero attached hydrogens (tertiary/aromatic N) is 2. The Morgan fingerprint density at radius 2 is 2.00 bits per heavy atom. The molecule has 2 heterocycles. The molecule has 0 fully saturated rings. The Morgan fingerprint density at radius 1 is 1.35 bits per heavy atom. The molecule has 0 atom stereocenters. The molecule has 0 aliphatic carbocycles. The number of ether oxygens (including phenoxy) is 1. The minimum absolute atomic E-state index is 0.145. The van der Waals surface area contributed by atoms with Crippen LogP contribution in [0.4, 0.5) is 5.00 Å². The average molecular weight is 378 g/mol. The topological polar surface area (TPSA) is 116 Å². The zero-order valence-electron chi connectivity index (χ0n) is 15.4. The van der Waals surface area contributed by atoms with Crippen LogP contribution in [0.3, 0.4) is 0 Å². The van der Waals surface area contributed by atoms with Crippen LogP contribution < -0.4 is 11.1 Å². The minimum atomic E-state index is -0.665. The maximum atomic E-state index is 12.6. The third-order valence-corrected chi connectivity index (χ3v) is 5.01. The number of carbonyl (C=O) groups is 3. The highest BCUT2D eigenvalue weighted by Gasteiger charge is 2.27. The quantitative estimate of drug-likeness (QED) is 0.749. The fraction of sp³-hybridized carbons (Fsp3) is 0.412. The lowest BCUT2D eigenvalue weighted by atomic mass is 10.1. The summed E-state index contributed by atoms with van der Waals surface area (Å²) in [6.07, 6.45) is 1.13. The summed E-state index contributed by atoms with van der Waals surface area (Å²) < 4.78 is 6.92. The van der Waals surface area contributed by atoms with Gasteiger partial charge in [0, 0.05) is 12.2 Å². The fourth-order valence-electron chi connectivity index (χ4n) is 2.51. The van der Waals surface area contributed by atoms with Crippen molar-refractivity contribution in [3.05, 3.63) is 33.5 Å². The number of hydrogen-bond donors (Lipinski definition) is 2. The predicted molar refractivity (Wildman–Crippen MR) is 98.7 cm³/mol. The summed E-state index contributed by atoms with van der Waals surface area (Å²) in [6.45, 7) is 9.38. The summed E-state index contributed by atoms with van der Waals surface area (Å²) in [7, 11) is 0. The molecule has 0 radical (unpaired) electrons. The van der Waals surface area contributed by atoms with Gasteiger partial charge in [-0.15, -0.1) is 11.3 Å². The molecule has 2 aromatic heterocycles. The van der Waals surface area contributed by atoms with Gasteiger partial charge in [-0.1, -0.05) is 0 Å². The molecule has 26 heavy (non-hydrogen) atoms. The number of nitrogens with two attached hydrogens (primary N) is 1. The first-order valence-electron chi connectivity index (χ1n) is 8.15. The van der Waals surface area contributed by atoms with Crippen molar-refractivity contribution in [3.63, 3.8) is 0 Å². The van der Waals surface area contributed by atoms with E-state index in [0.717, 1.165) is 11.3 Å². The van der Waals surface area contributed by atoms with Crippen LogP contribution in [0, 0.1) is 13.8 Å².